The Bertz CT molecular complexity index is 608. The number of hydrogen-bond donors (Lipinski definition) is 1. The second-order valence-electron chi connectivity index (χ2n) is 5.38. The Kier molecular flexibility index (Phi) is 4.10. The average Bonchev–Trinajstić information content (AvgIpc) is 3.05. The van der Waals surface area contributed by atoms with Gasteiger partial charge in [-0.1, -0.05) is 25.4 Å². The van der Waals surface area contributed by atoms with Crippen LogP contribution in [-0.2, 0) is 4.74 Å². The standard InChI is InChI=1S/C14H18ClN3OS/c1-8(2)11-6-10-12(15)17-14(18-13(10)20-11)16-7-9-4-3-5-19-9/h6,8-9H,3-5,7H2,1-2H3,(H,16,17,18). The Morgan fingerprint density at radius 3 is 3.05 bits per heavy atom. The van der Waals surface area contributed by atoms with E-state index in [1.807, 2.05) is 0 Å². The summed E-state index contributed by atoms with van der Waals surface area (Å²) < 4.78 is 5.58. The minimum atomic E-state index is 0.266. The predicted molar refractivity (Wildman–Crippen MR) is 84.0 cm³/mol. The van der Waals surface area contributed by atoms with Crippen molar-refractivity contribution in [1.29, 1.82) is 0 Å². The molecule has 108 valence electrons. The molecule has 1 N–H and O–H groups in total. The molecule has 0 spiro atoms. The molecule has 4 nitrogen and oxygen atoms in total. The van der Waals surface area contributed by atoms with E-state index in [9.17, 15) is 0 Å². The summed E-state index contributed by atoms with van der Waals surface area (Å²) in [6.07, 6.45) is 2.50. The molecule has 3 heterocycles. The van der Waals surface area contributed by atoms with Gasteiger partial charge in [0.1, 0.15) is 9.98 Å². The van der Waals surface area contributed by atoms with Crippen LogP contribution in [0, 0.1) is 0 Å². The Morgan fingerprint density at radius 1 is 1.50 bits per heavy atom. The maximum atomic E-state index is 6.26. The Balaban J connectivity index is 1.81. The van der Waals surface area contributed by atoms with E-state index in [0.717, 1.165) is 36.2 Å². The van der Waals surface area contributed by atoms with Crippen LogP contribution in [0.2, 0.25) is 5.15 Å². The number of anilines is 1. The molecule has 0 saturated carbocycles. The molecule has 1 saturated heterocycles. The fraction of sp³-hybridized carbons (Fsp3) is 0.571. The zero-order valence-electron chi connectivity index (χ0n) is 11.6. The van der Waals surface area contributed by atoms with Gasteiger partial charge in [-0.2, -0.15) is 0 Å². The number of nitrogens with one attached hydrogen (secondary N) is 1. The SMILES string of the molecule is CC(C)c1cc2c(Cl)nc(NCC3CCCO3)nc2s1. The number of aromatic nitrogens is 2. The van der Waals surface area contributed by atoms with Crippen LogP contribution in [0.25, 0.3) is 10.2 Å². The molecule has 0 radical (unpaired) electrons. The molecule has 1 aliphatic heterocycles. The van der Waals surface area contributed by atoms with Crippen LogP contribution in [0.5, 0.6) is 0 Å². The molecule has 20 heavy (non-hydrogen) atoms. The van der Waals surface area contributed by atoms with E-state index >= 15 is 0 Å². The van der Waals surface area contributed by atoms with Crippen molar-refractivity contribution in [3.63, 3.8) is 0 Å². The first-order valence-corrected chi connectivity index (χ1v) is 8.15. The lowest BCUT2D eigenvalue weighted by Gasteiger charge is -2.10. The lowest BCUT2D eigenvalue weighted by atomic mass is 10.2. The highest BCUT2D eigenvalue weighted by Gasteiger charge is 2.16. The Labute approximate surface area is 127 Å². The van der Waals surface area contributed by atoms with Crippen molar-refractivity contribution in [2.75, 3.05) is 18.5 Å². The summed E-state index contributed by atoms with van der Waals surface area (Å²) in [5, 5.41) is 4.70. The molecular weight excluding hydrogens is 294 g/mol. The van der Waals surface area contributed by atoms with Crippen LogP contribution in [0.3, 0.4) is 0 Å². The number of thiophene rings is 1. The highest BCUT2D eigenvalue weighted by atomic mass is 35.5. The van der Waals surface area contributed by atoms with Gasteiger partial charge < -0.3 is 10.1 Å². The van der Waals surface area contributed by atoms with Gasteiger partial charge in [0.25, 0.3) is 0 Å². The lowest BCUT2D eigenvalue weighted by Crippen LogP contribution is -2.19. The molecule has 1 aliphatic rings. The smallest absolute Gasteiger partial charge is 0.225 e. The van der Waals surface area contributed by atoms with Crippen molar-refractivity contribution < 1.29 is 4.74 Å². The zero-order chi connectivity index (χ0) is 14.1. The van der Waals surface area contributed by atoms with Gasteiger partial charge in [-0.05, 0) is 24.8 Å². The first-order chi connectivity index (χ1) is 9.63. The molecule has 1 fully saturated rings. The fourth-order valence-corrected chi connectivity index (χ4v) is 3.59. The number of halogens is 1. The van der Waals surface area contributed by atoms with Crippen LogP contribution in [0.4, 0.5) is 5.95 Å². The Hall–Kier alpha value is -0.910. The van der Waals surface area contributed by atoms with E-state index in [4.69, 9.17) is 16.3 Å². The number of hydrogen-bond acceptors (Lipinski definition) is 5. The average molecular weight is 312 g/mol. The molecule has 0 amide bonds. The predicted octanol–water partition coefficient (Wildman–Crippen LogP) is 4.06. The van der Waals surface area contributed by atoms with E-state index in [2.05, 4.69) is 35.2 Å². The molecule has 0 bridgehead atoms. The van der Waals surface area contributed by atoms with Crippen LogP contribution in [0.15, 0.2) is 6.07 Å². The summed E-state index contributed by atoms with van der Waals surface area (Å²) >= 11 is 7.94. The summed E-state index contributed by atoms with van der Waals surface area (Å²) in [5.74, 6) is 1.07. The van der Waals surface area contributed by atoms with Crippen molar-refractivity contribution in [2.24, 2.45) is 0 Å². The summed E-state index contributed by atoms with van der Waals surface area (Å²) in [6.45, 7) is 5.94. The highest BCUT2D eigenvalue weighted by Crippen LogP contribution is 2.33. The number of rotatable bonds is 4. The Morgan fingerprint density at radius 2 is 2.35 bits per heavy atom. The molecular formula is C14H18ClN3OS. The van der Waals surface area contributed by atoms with Crippen LogP contribution in [-0.4, -0.2) is 29.2 Å². The van der Waals surface area contributed by atoms with Gasteiger partial charge in [0.15, 0.2) is 0 Å². The van der Waals surface area contributed by atoms with E-state index in [-0.39, 0.29) is 6.10 Å². The van der Waals surface area contributed by atoms with Gasteiger partial charge in [-0.15, -0.1) is 11.3 Å². The van der Waals surface area contributed by atoms with E-state index < -0.39 is 0 Å². The highest BCUT2D eigenvalue weighted by molar-refractivity contribution is 7.18. The maximum Gasteiger partial charge on any atom is 0.225 e. The fourth-order valence-electron chi connectivity index (χ4n) is 2.28. The third kappa shape index (κ3) is 2.90. The monoisotopic (exact) mass is 311 g/mol. The second-order valence-corrected chi connectivity index (χ2v) is 6.80. The lowest BCUT2D eigenvalue weighted by molar-refractivity contribution is 0.120. The molecule has 2 aromatic rings. The van der Waals surface area contributed by atoms with E-state index in [1.165, 1.54) is 4.88 Å². The van der Waals surface area contributed by atoms with Gasteiger partial charge >= 0.3 is 0 Å². The number of fused-ring (bicyclic) bond motifs is 1. The van der Waals surface area contributed by atoms with E-state index in [0.29, 0.717) is 17.0 Å². The van der Waals surface area contributed by atoms with Gasteiger partial charge in [0, 0.05) is 23.4 Å². The van der Waals surface area contributed by atoms with Crippen LogP contribution in [0.1, 0.15) is 37.5 Å². The maximum absolute atomic E-state index is 6.26. The van der Waals surface area contributed by atoms with Crippen LogP contribution >= 0.6 is 22.9 Å². The second kappa shape index (κ2) is 5.84. The molecule has 1 unspecified atom stereocenters. The molecule has 3 rings (SSSR count). The number of ether oxygens (including phenoxy) is 1. The quantitative estimate of drug-likeness (QED) is 0.865. The topological polar surface area (TPSA) is 47.0 Å². The van der Waals surface area contributed by atoms with Crippen LogP contribution < -0.4 is 5.32 Å². The minimum absolute atomic E-state index is 0.266. The normalized spacial score (nSPS) is 19.1. The third-order valence-corrected chi connectivity index (χ3v) is 5.06. The van der Waals surface area contributed by atoms with Crippen molar-refractivity contribution in [3.8, 4) is 0 Å². The molecule has 0 aliphatic carbocycles. The van der Waals surface area contributed by atoms with Gasteiger partial charge in [-0.25, -0.2) is 9.97 Å². The summed E-state index contributed by atoms with van der Waals surface area (Å²) in [5.41, 5.74) is 0. The third-order valence-electron chi connectivity index (χ3n) is 3.45. The molecule has 2 aromatic heterocycles. The van der Waals surface area contributed by atoms with Gasteiger partial charge in [0.05, 0.1) is 6.10 Å². The number of nitrogens with zero attached hydrogens (tertiary/aromatic N) is 2. The van der Waals surface area contributed by atoms with Crippen molar-refractivity contribution in [1.82, 2.24) is 9.97 Å². The van der Waals surface area contributed by atoms with Crippen molar-refractivity contribution in [2.45, 2.75) is 38.7 Å². The van der Waals surface area contributed by atoms with Gasteiger partial charge in [-0.3, -0.25) is 0 Å². The molecule has 6 heteroatoms. The summed E-state index contributed by atoms with van der Waals surface area (Å²) in [6, 6.07) is 2.09. The largest absolute Gasteiger partial charge is 0.376 e. The van der Waals surface area contributed by atoms with E-state index in [1.54, 1.807) is 11.3 Å². The zero-order valence-corrected chi connectivity index (χ0v) is 13.2. The first-order valence-electron chi connectivity index (χ1n) is 6.96. The molecule has 1 atom stereocenters. The van der Waals surface area contributed by atoms with Crippen molar-refractivity contribution >= 4 is 39.1 Å². The minimum Gasteiger partial charge on any atom is -0.376 e. The summed E-state index contributed by atoms with van der Waals surface area (Å²) in [4.78, 5) is 11.1. The first kappa shape index (κ1) is 14.0. The summed E-state index contributed by atoms with van der Waals surface area (Å²) in [7, 11) is 0. The van der Waals surface area contributed by atoms with Gasteiger partial charge in [0.2, 0.25) is 5.95 Å². The van der Waals surface area contributed by atoms with Crippen molar-refractivity contribution in [3.05, 3.63) is 16.1 Å². The molecule has 0 aromatic carbocycles.